The number of para-hydroxylation sites is 2. The van der Waals surface area contributed by atoms with Crippen molar-refractivity contribution in [3.05, 3.63) is 54.1 Å². The van der Waals surface area contributed by atoms with E-state index < -0.39 is 21.3 Å². The number of anilines is 3. The smallest absolute Gasteiger partial charge is 0.255 e. The molecule has 2 amide bonds. The molecule has 2 heterocycles. The molecule has 31 heavy (non-hydrogen) atoms. The second-order valence-electron chi connectivity index (χ2n) is 8.33. The second-order valence-corrected chi connectivity index (χ2v) is 10.1. The minimum atomic E-state index is -3.73. The van der Waals surface area contributed by atoms with Crippen LogP contribution in [0.3, 0.4) is 0 Å². The molecule has 0 saturated carbocycles. The molecule has 8 nitrogen and oxygen atoms in total. The number of carbonyl (C=O) groups is 2. The summed E-state index contributed by atoms with van der Waals surface area (Å²) in [5.41, 5.74) is 1.24. The third-order valence-corrected chi connectivity index (χ3v) is 7.47. The summed E-state index contributed by atoms with van der Waals surface area (Å²) in [6, 6.07) is 13.6. The first-order valence-electron chi connectivity index (χ1n) is 10.1. The summed E-state index contributed by atoms with van der Waals surface area (Å²) in [6.45, 7) is 5.99. The summed E-state index contributed by atoms with van der Waals surface area (Å²) < 4.78 is 31.1. The molecule has 2 aromatic carbocycles. The van der Waals surface area contributed by atoms with Crippen molar-refractivity contribution >= 4 is 38.9 Å². The van der Waals surface area contributed by atoms with Crippen molar-refractivity contribution < 1.29 is 22.7 Å². The zero-order valence-corrected chi connectivity index (χ0v) is 18.3. The van der Waals surface area contributed by atoms with E-state index in [4.69, 9.17) is 4.74 Å². The molecule has 164 valence electrons. The van der Waals surface area contributed by atoms with Crippen molar-refractivity contribution in [2.75, 3.05) is 46.6 Å². The third kappa shape index (κ3) is 4.15. The zero-order chi connectivity index (χ0) is 22.2. The van der Waals surface area contributed by atoms with E-state index in [9.17, 15) is 18.0 Å². The molecule has 1 N–H and O–H groups in total. The van der Waals surface area contributed by atoms with Crippen molar-refractivity contribution in [1.82, 2.24) is 0 Å². The molecular formula is C22H25N3O5S. The van der Waals surface area contributed by atoms with E-state index in [0.717, 1.165) is 23.1 Å². The Hall–Kier alpha value is -2.91. The van der Waals surface area contributed by atoms with Gasteiger partial charge in [0.2, 0.25) is 15.9 Å². The van der Waals surface area contributed by atoms with Crippen LogP contribution in [-0.4, -0.2) is 52.3 Å². The highest BCUT2D eigenvalue weighted by Crippen LogP contribution is 2.36. The zero-order valence-electron chi connectivity index (χ0n) is 17.5. The number of carbonyl (C=O) groups excluding carboxylic acids is 2. The van der Waals surface area contributed by atoms with Crippen LogP contribution in [0.25, 0.3) is 0 Å². The molecule has 2 fully saturated rings. The maximum atomic E-state index is 12.8. The molecule has 0 aromatic heterocycles. The largest absolute Gasteiger partial charge is 0.378 e. The van der Waals surface area contributed by atoms with Crippen LogP contribution in [0, 0.1) is 5.41 Å². The fraction of sp³-hybridized carbons (Fsp3) is 0.364. The van der Waals surface area contributed by atoms with Gasteiger partial charge >= 0.3 is 0 Å². The van der Waals surface area contributed by atoms with Crippen molar-refractivity contribution in [2.24, 2.45) is 5.41 Å². The van der Waals surface area contributed by atoms with Gasteiger partial charge in [0, 0.05) is 18.7 Å². The Kier molecular flexibility index (Phi) is 5.49. The van der Waals surface area contributed by atoms with Gasteiger partial charge in [-0.15, -0.1) is 0 Å². The number of morpholine rings is 1. The van der Waals surface area contributed by atoms with Crippen LogP contribution in [-0.2, 0) is 19.6 Å². The highest BCUT2D eigenvalue weighted by molar-refractivity contribution is 7.94. The summed E-state index contributed by atoms with van der Waals surface area (Å²) >= 11 is 0. The summed E-state index contributed by atoms with van der Waals surface area (Å²) in [4.78, 5) is 27.5. The number of benzene rings is 2. The molecule has 0 spiro atoms. The minimum Gasteiger partial charge on any atom is -0.378 e. The molecule has 0 aliphatic carbocycles. The Morgan fingerprint density at radius 3 is 2.29 bits per heavy atom. The van der Waals surface area contributed by atoms with Crippen molar-refractivity contribution in [3.8, 4) is 0 Å². The van der Waals surface area contributed by atoms with Crippen LogP contribution >= 0.6 is 0 Å². The van der Waals surface area contributed by atoms with Gasteiger partial charge in [-0.1, -0.05) is 12.1 Å². The molecule has 0 bridgehead atoms. The summed E-state index contributed by atoms with van der Waals surface area (Å²) in [5.74, 6) is -1.02. The summed E-state index contributed by atoms with van der Waals surface area (Å²) in [7, 11) is -3.73. The highest BCUT2D eigenvalue weighted by atomic mass is 32.2. The molecule has 2 aliphatic rings. The van der Waals surface area contributed by atoms with Crippen LogP contribution in [0.4, 0.5) is 17.1 Å². The monoisotopic (exact) mass is 443 g/mol. The van der Waals surface area contributed by atoms with E-state index in [1.165, 1.54) is 24.3 Å². The summed E-state index contributed by atoms with van der Waals surface area (Å²) in [5, 5.41) is 2.93. The number of nitrogens with one attached hydrogen (secondary N) is 1. The van der Waals surface area contributed by atoms with E-state index in [-0.39, 0.29) is 17.3 Å². The molecule has 4 rings (SSSR count). The Morgan fingerprint density at radius 1 is 1.03 bits per heavy atom. The Balaban J connectivity index is 1.53. The average molecular weight is 444 g/mol. The predicted octanol–water partition coefficient (Wildman–Crippen LogP) is 2.48. The van der Waals surface area contributed by atoms with Gasteiger partial charge in [0.25, 0.3) is 5.91 Å². The number of nitrogens with zero attached hydrogens (tertiary/aromatic N) is 2. The molecule has 2 aliphatic heterocycles. The van der Waals surface area contributed by atoms with Crippen LogP contribution in [0.15, 0.2) is 48.5 Å². The lowest BCUT2D eigenvalue weighted by Gasteiger charge is -2.30. The maximum Gasteiger partial charge on any atom is 0.255 e. The molecule has 0 radical (unpaired) electrons. The van der Waals surface area contributed by atoms with Crippen LogP contribution < -0.4 is 14.5 Å². The standard InChI is InChI=1S/C22H25N3O5S/c1-22(2)15-31(28,29)25(21(22)27)17-9-7-16(8-10-17)20(26)23-18-5-3-4-6-19(18)24-11-13-30-14-12-24/h3-10H,11-15H2,1-2H3,(H,23,26). The highest BCUT2D eigenvalue weighted by Gasteiger charge is 2.49. The number of hydrogen-bond donors (Lipinski definition) is 1. The van der Waals surface area contributed by atoms with Gasteiger partial charge in [-0.25, -0.2) is 12.7 Å². The third-order valence-electron chi connectivity index (χ3n) is 5.45. The van der Waals surface area contributed by atoms with Crippen LogP contribution in [0.2, 0.25) is 0 Å². The molecule has 2 saturated heterocycles. The molecule has 2 aromatic rings. The summed E-state index contributed by atoms with van der Waals surface area (Å²) in [6.07, 6.45) is 0. The maximum absolute atomic E-state index is 12.8. The van der Waals surface area contributed by atoms with Gasteiger partial charge in [0.1, 0.15) is 0 Å². The van der Waals surface area contributed by atoms with Crippen molar-refractivity contribution in [2.45, 2.75) is 13.8 Å². The van der Waals surface area contributed by atoms with Gasteiger partial charge in [-0.3, -0.25) is 9.59 Å². The number of rotatable bonds is 4. The Morgan fingerprint density at radius 2 is 1.68 bits per heavy atom. The number of hydrogen-bond acceptors (Lipinski definition) is 6. The molecule has 9 heteroatoms. The Labute approximate surface area is 181 Å². The van der Waals surface area contributed by atoms with Gasteiger partial charge in [-0.2, -0.15) is 0 Å². The number of ether oxygens (including phenoxy) is 1. The van der Waals surface area contributed by atoms with Gasteiger partial charge < -0.3 is 15.0 Å². The lowest BCUT2D eigenvalue weighted by Crippen LogP contribution is -2.36. The molecular weight excluding hydrogens is 418 g/mol. The second kappa shape index (κ2) is 7.97. The van der Waals surface area contributed by atoms with Crippen molar-refractivity contribution in [3.63, 3.8) is 0 Å². The molecule has 0 atom stereocenters. The first-order chi connectivity index (χ1) is 14.7. The first-order valence-corrected chi connectivity index (χ1v) is 11.7. The van der Waals surface area contributed by atoms with E-state index in [0.29, 0.717) is 24.5 Å². The van der Waals surface area contributed by atoms with Gasteiger partial charge in [-0.05, 0) is 50.2 Å². The topological polar surface area (TPSA) is 96.0 Å². The Bertz CT molecular complexity index is 1110. The fourth-order valence-corrected chi connectivity index (χ4v) is 5.97. The quantitative estimate of drug-likeness (QED) is 0.780. The number of amides is 2. The SMILES string of the molecule is CC1(C)CS(=O)(=O)N(c2ccc(C(=O)Nc3ccccc3N3CCOCC3)cc2)C1=O. The molecule has 0 unspecified atom stereocenters. The van der Waals surface area contributed by atoms with E-state index >= 15 is 0 Å². The van der Waals surface area contributed by atoms with E-state index in [1.807, 2.05) is 24.3 Å². The van der Waals surface area contributed by atoms with Crippen LogP contribution in [0.5, 0.6) is 0 Å². The van der Waals surface area contributed by atoms with Crippen LogP contribution in [0.1, 0.15) is 24.2 Å². The van der Waals surface area contributed by atoms with E-state index in [1.54, 1.807) is 13.8 Å². The predicted molar refractivity (Wildman–Crippen MR) is 119 cm³/mol. The lowest BCUT2D eigenvalue weighted by molar-refractivity contribution is -0.123. The van der Waals surface area contributed by atoms with Gasteiger partial charge in [0.05, 0.1) is 41.4 Å². The van der Waals surface area contributed by atoms with Crippen molar-refractivity contribution in [1.29, 1.82) is 0 Å². The average Bonchev–Trinajstić information content (AvgIpc) is 2.91. The number of sulfonamides is 1. The van der Waals surface area contributed by atoms with E-state index in [2.05, 4.69) is 10.2 Å². The van der Waals surface area contributed by atoms with Gasteiger partial charge in [0.15, 0.2) is 0 Å². The fourth-order valence-electron chi connectivity index (χ4n) is 3.86. The first kappa shape index (κ1) is 21.3. The lowest BCUT2D eigenvalue weighted by atomic mass is 9.95. The normalized spacial score (nSPS) is 20.0. The minimum absolute atomic E-state index is 0.237.